The van der Waals surface area contributed by atoms with Gasteiger partial charge in [0.05, 0.1) is 43.5 Å². The minimum absolute atomic E-state index is 0.123. The fourth-order valence-electron chi connectivity index (χ4n) is 4.43. The van der Waals surface area contributed by atoms with Crippen molar-refractivity contribution in [3.8, 4) is 5.75 Å². The number of aromatic nitrogens is 1. The number of carbonyl (C=O) groups excluding carboxylic acids is 1. The molecule has 32 heavy (non-hydrogen) atoms. The molecule has 174 valence electrons. The Hall–Kier alpha value is -2.40. The average molecular weight is 463 g/mol. The molecule has 2 aromatic rings. The molecule has 1 N–H and O–H groups in total. The van der Waals surface area contributed by atoms with E-state index in [1.54, 1.807) is 6.07 Å². The Morgan fingerprint density at radius 1 is 1.22 bits per heavy atom. The molecule has 0 unspecified atom stereocenters. The van der Waals surface area contributed by atoms with Gasteiger partial charge >= 0.3 is 0 Å². The number of benzene rings is 1. The standard InChI is InChI=1S/C22H30N4O5S/c1-24-9-3-5-19(24)20-6-4-10-25(20)16-22(27)23-18-15-17(7-8-21(18)30-2)32(28,29)26-11-13-31-14-12-26/h3,5,7-9,15,20H,4,6,10-14,16H2,1-2H3,(H,23,27)/t20-/m0/s1. The Morgan fingerprint density at radius 3 is 2.69 bits per heavy atom. The van der Waals surface area contributed by atoms with E-state index in [0.29, 0.717) is 37.7 Å². The number of anilines is 1. The van der Waals surface area contributed by atoms with E-state index in [4.69, 9.17) is 9.47 Å². The Balaban J connectivity index is 1.50. The first-order chi connectivity index (χ1) is 15.4. The maximum atomic E-state index is 13.0. The maximum Gasteiger partial charge on any atom is 0.243 e. The van der Waals surface area contributed by atoms with Crippen LogP contribution in [0.4, 0.5) is 5.69 Å². The van der Waals surface area contributed by atoms with Crippen LogP contribution in [0, 0.1) is 0 Å². The summed E-state index contributed by atoms with van der Waals surface area (Å²) in [5, 5.41) is 2.86. The Labute approximate surface area is 188 Å². The van der Waals surface area contributed by atoms with Gasteiger partial charge in [-0.2, -0.15) is 4.31 Å². The lowest BCUT2D eigenvalue weighted by atomic mass is 10.1. The van der Waals surface area contributed by atoms with Crippen LogP contribution < -0.4 is 10.1 Å². The first-order valence-corrected chi connectivity index (χ1v) is 12.2. The summed E-state index contributed by atoms with van der Waals surface area (Å²) in [6.45, 7) is 2.43. The van der Waals surface area contributed by atoms with Crippen LogP contribution in [-0.2, 0) is 26.6 Å². The molecule has 2 aliphatic heterocycles. The molecule has 0 aliphatic carbocycles. The molecule has 2 saturated heterocycles. The molecule has 0 radical (unpaired) electrons. The second kappa shape index (κ2) is 9.62. The van der Waals surface area contributed by atoms with E-state index in [-0.39, 0.29) is 23.4 Å². The molecule has 3 heterocycles. The third-order valence-electron chi connectivity index (χ3n) is 6.09. The summed E-state index contributed by atoms with van der Waals surface area (Å²) in [5.41, 5.74) is 1.54. The van der Waals surface area contributed by atoms with Gasteiger partial charge in [0.1, 0.15) is 5.75 Å². The fraction of sp³-hybridized carbons (Fsp3) is 0.500. The van der Waals surface area contributed by atoms with Crippen molar-refractivity contribution in [1.82, 2.24) is 13.8 Å². The van der Waals surface area contributed by atoms with Crippen molar-refractivity contribution in [2.45, 2.75) is 23.8 Å². The van der Waals surface area contributed by atoms with Crippen LogP contribution in [0.3, 0.4) is 0 Å². The fourth-order valence-corrected chi connectivity index (χ4v) is 5.86. The van der Waals surface area contributed by atoms with Crippen molar-refractivity contribution in [3.63, 3.8) is 0 Å². The van der Waals surface area contributed by atoms with E-state index in [0.717, 1.165) is 19.4 Å². The zero-order valence-corrected chi connectivity index (χ0v) is 19.3. The smallest absolute Gasteiger partial charge is 0.243 e. The highest BCUT2D eigenvalue weighted by atomic mass is 32.2. The number of ether oxygens (including phenoxy) is 2. The van der Waals surface area contributed by atoms with E-state index < -0.39 is 10.0 Å². The zero-order valence-electron chi connectivity index (χ0n) is 18.5. The molecule has 0 bridgehead atoms. The van der Waals surface area contributed by atoms with Gasteiger partial charge in [0, 0.05) is 32.0 Å². The number of nitrogens with one attached hydrogen (secondary N) is 1. The highest BCUT2D eigenvalue weighted by molar-refractivity contribution is 7.89. The van der Waals surface area contributed by atoms with E-state index >= 15 is 0 Å². The second-order valence-corrected chi connectivity index (χ2v) is 10.0. The van der Waals surface area contributed by atoms with Crippen molar-refractivity contribution in [1.29, 1.82) is 0 Å². The molecule has 1 aromatic carbocycles. The van der Waals surface area contributed by atoms with Crippen molar-refractivity contribution >= 4 is 21.6 Å². The molecule has 0 saturated carbocycles. The van der Waals surface area contributed by atoms with E-state index in [9.17, 15) is 13.2 Å². The highest BCUT2D eigenvalue weighted by Gasteiger charge is 2.30. The first-order valence-electron chi connectivity index (χ1n) is 10.8. The van der Waals surface area contributed by atoms with Crippen molar-refractivity contribution in [2.24, 2.45) is 7.05 Å². The molecule has 2 fully saturated rings. The highest BCUT2D eigenvalue weighted by Crippen LogP contribution is 2.32. The summed E-state index contributed by atoms with van der Waals surface area (Å²) in [5.74, 6) is 0.213. The van der Waals surface area contributed by atoms with Crippen molar-refractivity contribution < 1.29 is 22.7 Å². The number of carbonyl (C=O) groups is 1. The quantitative estimate of drug-likeness (QED) is 0.675. The largest absolute Gasteiger partial charge is 0.495 e. The maximum absolute atomic E-state index is 13.0. The third kappa shape index (κ3) is 4.68. The van der Waals surface area contributed by atoms with Crippen LogP contribution in [0.25, 0.3) is 0 Å². The molecule has 9 nitrogen and oxygen atoms in total. The molecular weight excluding hydrogens is 432 g/mol. The summed E-state index contributed by atoms with van der Waals surface area (Å²) in [6.07, 6.45) is 4.04. The topological polar surface area (TPSA) is 93.1 Å². The second-order valence-electron chi connectivity index (χ2n) is 8.10. The van der Waals surface area contributed by atoms with Gasteiger partial charge in [0.2, 0.25) is 15.9 Å². The number of rotatable bonds is 7. The minimum Gasteiger partial charge on any atom is -0.495 e. The number of methoxy groups -OCH3 is 1. The zero-order chi connectivity index (χ0) is 22.7. The van der Waals surface area contributed by atoms with Gasteiger partial charge in [-0.1, -0.05) is 0 Å². The van der Waals surface area contributed by atoms with Crippen LogP contribution in [0.15, 0.2) is 41.4 Å². The van der Waals surface area contributed by atoms with Crippen LogP contribution in [0.2, 0.25) is 0 Å². The van der Waals surface area contributed by atoms with Crippen LogP contribution >= 0.6 is 0 Å². The number of morpholine rings is 1. The summed E-state index contributed by atoms with van der Waals surface area (Å²) < 4.78 is 40.1. The van der Waals surface area contributed by atoms with Gasteiger partial charge in [-0.25, -0.2) is 8.42 Å². The lowest BCUT2D eigenvalue weighted by molar-refractivity contribution is -0.117. The molecule has 1 aromatic heterocycles. The molecule has 2 aliphatic rings. The molecule has 10 heteroatoms. The Bertz CT molecular complexity index is 1060. The first kappa shape index (κ1) is 22.8. The van der Waals surface area contributed by atoms with Gasteiger partial charge < -0.3 is 19.4 Å². The SMILES string of the molecule is COc1ccc(S(=O)(=O)N2CCOCC2)cc1NC(=O)CN1CCC[C@H]1c1cccn1C. The lowest BCUT2D eigenvalue weighted by Crippen LogP contribution is -2.40. The van der Waals surface area contributed by atoms with Crippen LogP contribution in [-0.4, -0.2) is 74.6 Å². The van der Waals surface area contributed by atoms with Gasteiger partial charge in [-0.05, 0) is 49.7 Å². The van der Waals surface area contributed by atoms with E-state index in [1.165, 1.54) is 29.2 Å². The minimum atomic E-state index is -3.68. The Kier molecular flexibility index (Phi) is 6.85. The van der Waals surface area contributed by atoms with Gasteiger partial charge in [-0.15, -0.1) is 0 Å². The van der Waals surface area contributed by atoms with Crippen LogP contribution in [0.5, 0.6) is 5.75 Å². The number of likely N-dealkylation sites (tertiary alicyclic amines) is 1. The number of sulfonamides is 1. The summed E-state index contributed by atoms with van der Waals surface area (Å²) in [6, 6.07) is 8.84. The summed E-state index contributed by atoms with van der Waals surface area (Å²) >= 11 is 0. The molecule has 4 rings (SSSR count). The lowest BCUT2D eigenvalue weighted by Gasteiger charge is -2.26. The number of aryl methyl sites for hydroxylation is 1. The van der Waals surface area contributed by atoms with E-state index in [2.05, 4.69) is 20.9 Å². The molecule has 1 atom stereocenters. The average Bonchev–Trinajstić information content (AvgIpc) is 3.42. The summed E-state index contributed by atoms with van der Waals surface area (Å²) in [4.78, 5) is 15.2. The summed E-state index contributed by atoms with van der Waals surface area (Å²) in [7, 11) is -0.173. The molecule has 0 spiro atoms. The van der Waals surface area contributed by atoms with Crippen LogP contribution in [0.1, 0.15) is 24.6 Å². The van der Waals surface area contributed by atoms with Gasteiger partial charge in [0.15, 0.2) is 0 Å². The number of hydrogen-bond donors (Lipinski definition) is 1. The monoisotopic (exact) mass is 462 g/mol. The van der Waals surface area contributed by atoms with Crippen molar-refractivity contribution in [3.05, 3.63) is 42.2 Å². The van der Waals surface area contributed by atoms with Crippen molar-refractivity contribution in [2.75, 3.05) is 51.8 Å². The Morgan fingerprint density at radius 2 is 2.00 bits per heavy atom. The molecular formula is C22H30N4O5S. The van der Waals surface area contributed by atoms with Gasteiger partial charge in [-0.3, -0.25) is 9.69 Å². The molecule has 1 amide bonds. The predicted octanol–water partition coefficient (Wildman–Crippen LogP) is 1.83. The predicted molar refractivity (Wildman–Crippen MR) is 120 cm³/mol. The number of nitrogens with zero attached hydrogens (tertiary/aromatic N) is 3. The third-order valence-corrected chi connectivity index (χ3v) is 7.98. The van der Waals surface area contributed by atoms with E-state index in [1.807, 2.05) is 19.3 Å². The number of amides is 1. The normalized spacial score (nSPS) is 20.4. The number of hydrogen-bond acceptors (Lipinski definition) is 6. The van der Waals surface area contributed by atoms with Gasteiger partial charge in [0.25, 0.3) is 0 Å².